The highest BCUT2D eigenvalue weighted by atomic mass is 19.1. The summed E-state index contributed by atoms with van der Waals surface area (Å²) in [5, 5.41) is 0. The van der Waals surface area contributed by atoms with Gasteiger partial charge in [0.05, 0.1) is 5.69 Å². The highest BCUT2D eigenvalue weighted by Gasteiger charge is 2.53. The summed E-state index contributed by atoms with van der Waals surface area (Å²) in [6, 6.07) is 16.2. The molecule has 0 unspecified atom stereocenters. The number of rotatable bonds is 10. The number of hydrogen-bond acceptors (Lipinski definition) is 5. The fourth-order valence-corrected chi connectivity index (χ4v) is 8.53. The molecule has 236 valence electrons. The third-order valence-electron chi connectivity index (χ3n) is 10.8. The van der Waals surface area contributed by atoms with Gasteiger partial charge in [-0.2, -0.15) is 0 Å². The van der Waals surface area contributed by atoms with E-state index in [9.17, 15) is 4.79 Å². The molecule has 3 aliphatic rings. The van der Waals surface area contributed by atoms with E-state index >= 15 is 4.39 Å². The Balaban J connectivity index is 1.25. The van der Waals surface area contributed by atoms with Gasteiger partial charge in [0.25, 0.3) is 0 Å². The normalized spacial score (nSPS) is 23.0. The predicted molar refractivity (Wildman–Crippen MR) is 173 cm³/mol. The summed E-state index contributed by atoms with van der Waals surface area (Å²) in [6.07, 6.45) is 7.30. The molecule has 0 N–H and O–H groups in total. The molecule has 6 rings (SSSR count). The van der Waals surface area contributed by atoms with Gasteiger partial charge >= 0.3 is 5.97 Å². The molecule has 0 radical (unpaired) electrons. The molecule has 2 aliphatic heterocycles. The monoisotopic (exact) mass is 600 g/mol. The molecule has 6 nitrogen and oxygen atoms in total. The predicted octanol–water partition coefficient (Wildman–Crippen LogP) is 6.86. The van der Waals surface area contributed by atoms with Crippen molar-refractivity contribution in [3.05, 3.63) is 83.2 Å². The van der Waals surface area contributed by atoms with E-state index in [1.54, 1.807) is 12.1 Å². The van der Waals surface area contributed by atoms with Crippen molar-refractivity contribution in [3.8, 4) is 0 Å². The second-order valence-electron chi connectivity index (χ2n) is 13.7. The first-order chi connectivity index (χ1) is 21.2. The molecule has 2 aromatic carbocycles. The zero-order chi connectivity index (χ0) is 30.8. The minimum absolute atomic E-state index is 0.119. The molecule has 0 amide bonds. The van der Waals surface area contributed by atoms with E-state index in [1.165, 1.54) is 11.3 Å². The molecule has 1 aliphatic carbocycles. The summed E-state index contributed by atoms with van der Waals surface area (Å²) in [4.78, 5) is 22.5. The molecule has 44 heavy (non-hydrogen) atoms. The van der Waals surface area contributed by atoms with E-state index < -0.39 is 0 Å². The van der Waals surface area contributed by atoms with Gasteiger partial charge in [-0.25, -0.2) is 9.37 Å². The molecule has 3 atom stereocenters. The van der Waals surface area contributed by atoms with Crippen molar-refractivity contribution in [2.45, 2.75) is 84.3 Å². The summed E-state index contributed by atoms with van der Waals surface area (Å²) < 4.78 is 23.5. The number of carbonyl (C=O) groups excluding carboxylic acids is 1. The Hall–Kier alpha value is -3.19. The van der Waals surface area contributed by atoms with Crippen molar-refractivity contribution >= 4 is 11.7 Å². The number of ether oxygens (including phenoxy) is 1. The molecule has 3 fully saturated rings. The minimum atomic E-state index is -0.375. The Bertz CT molecular complexity index is 1420. The SMILES string of the molecule is CCC(=O)O[C@H]1CCC[C@@H]1[C@@](Cn1cc(C)nc1C)(c1cccc(F)c1)C1CCN(CC2CN(c3ccc(C)cc3)C2)CC1. The van der Waals surface area contributed by atoms with E-state index in [4.69, 9.17) is 9.72 Å². The lowest BCUT2D eigenvalue weighted by Crippen LogP contribution is -2.55. The van der Waals surface area contributed by atoms with Crippen LogP contribution in [0.4, 0.5) is 10.1 Å². The van der Waals surface area contributed by atoms with Crippen LogP contribution < -0.4 is 4.90 Å². The third-order valence-corrected chi connectivity index (χ3v) is 10.8. The number of aromatic nitrogens is 2. The van der Waals surface area contributed by atoms with Crippen molar-refractivity contribution < 1.29 is 13.9 Å². The highest BCUT2D eigenvalue weighted by Crippen LogP contribution is 2.52. The lowest BCUT2D eigenvalue weighted by atomic mass is 9.58. The van der Waals surface area contributed by atoms with Crippen LogP contribution in [0.1, 0.15) is 68.1 Å². The first-order valence-corrected chi connectivity index (χ1v) is 16.7. The quantitative estimate of drug-likeness (QED) is 0.238. The van der Waals surface area contributed by atoms with Crippen LogP contribution in [-0.4, -0.2) is 59.2 Å². The van der Waals surface area contributed by atoms with Crippen LogP contribution in [0, 0.1) is 44.3 Å². The average Bonchev–Trinajstić information content (AvgIpc) is 3.59. The molecular weight excluding hydrogens is 551 g/mol. The van der Waals surface area contributed by atoms with Crippen molar-refractivity contribution in [2.75, 3.05) is 37.6 Å². The first-order valence-electron chi connectivity index (χ1n) is 16.7. The van der Waals surface area contributed by atoms with Gasteiger partial charge in [-0.1, -0.05) is 36.8 Å². The van der Waals surface area contributed by atoms with Crippen LogP contribution in [0.25, 0.3) is 0 Å². The van der Waals surface area contributed by atoms with Crippen LogP contribution >= 0.6 is 0 Å². The Labute approximate surface area is 262 Å². The second-order valence-corrected chi connectivity index (χ2v) is 13.7. The number of imidazole rings is 1. The number of piperidine rings is 1. The van der Waals surface area contributed by atoms with Crippen LogP contribution in [0.3, 0.4) is 0 Å². The number of halogens is 1. The Morgan fingerprint density at radius 1 is 1.02 bits per heavy atom. The number of carbonyl (C=O) groups is 1. The van der Waals surface area contributed by atoms with Crippen molar-refractivity contribution in [3.63, 3.8) is 0 Å². The molecule has 0 bridgehead atoms. The molecular formula is C37H49FN4O2. The molecule has 3 aromatic rings. The third kappa shape index (κ3) is 6.30. The van der Waals surface area contributed by atoms with Gasteiger partial charge in [-0.05, 0) is 102 Å². The molecule has 7 heteroatoms. The summed E-state index contributed by atoms with van der Waals surface area (Å²) in [5.74, 6) is 1.77. The maximum atomic E-state index is 15.0. The number of benzene rings is 2. The highest BCUT2D eigenvalue weighted by molar-refractivity contribution is 5.69. The van der Waals surface area contributed by atoms with E-state index in [2.05, 4.69) is 64.7 Å². The molecule has 3 heterocycles. The van der Waals surface area contributed by atoms with Crippen LogP contribution in [0.5, 0.6) is 0 Å². The second kappa shape index (κ2) is 13.0. The van der Waals surface area contributed by atoms with Crippen molar-refractivity contribution in [1.82, 2.24) is 14.5 Å². The topological polar surface area (TPSA) is 50.6 Å². The maximum Gasteiger partial charge on any atom is 0.305 e. The maximum absolute atomic E-state index is 15.0. The molecule has 0 spiro atoms. The van der Waals surface area contributed by atoms with Crippen LogP contribution in [-0.2, 0) is 21.5 Å². The van der Waals surface area contributed by atoms with Crippen molar-refractivity contribution in [2.24, 2.45) is 17.8 Å². The number of hydrogen-bond donors (Lipinski definition) is 0. The van der Waals surface area contributed by atoms with Gasteiger partial charge in [-0.3, -0.25) is 4.79 Å². The van der Waals surface area contributed by atoms with Gasteiger partial charge in [0.15, 0.2) is 0 Å². The Kier molecular flexibility index (Phi) is 9.13. The van der Waals surface area contributed by atoms with Gasteiger partial charge < -0.3 is 19.1 Å². The average molecular weight is 601 g/mol. The summed E-state index contributed by atoms with van der Waals surface area (Å²) in [5.41, 5.74) is 4.28. The van der Waals surface area contributed by atoms with Crippen LogP contribution in [0.15, 0.2) is 54.7 Å². The summed E-state index contributed by atoms with van der Waals surface area (Å²) >= 11 is 0. The standard InChI is InChI=1S/C37H49FN4O2/c1-5-36(43)44-35-11-7-10-34(35)37(31-8-6-9-32(38)20-31,25-42-21-27(3)39-28(42)4)30-16-18-40(19-17-30)22-29-23-41(24-29)33-14-12-26(2)13-15-33/h6,8-9,12-15,20-21,29-30,34-35H,5,7,10-11,16-19,22-25H2,1-4H3/t34-,35-,37+/m0/s1. The van der Waals surface area contributed by atoms with E-state index in [0.29, 0.717) is 24.8 Å². The fourth-order valence-electron chi connectivity index (χ4n) is 8.53. The molecule has 1 saturated carbocycles. The van der Waals surface area contributed by atoms with E-state index in [-0.39, 0.29) is 29.2 Å². The molecule has 2 saturated heterocycles. The van der Waals surface area contributed by atoms with Crippen molar-refractivity contribution in [1.29, 1.82) is 0 Å². The lowest BCUT2D eigenvalue weighted by molar-refractivity contribution is -0.152. The molecule has 1 aromatic heterocycles. The van der Waals surface area contributed by atoms with E-state index in [0.717, 1.165) is 81.9 Å². The Morgan fingerprint density at radius 2 is 1.77 bits per heavy atom. The zero-order valence-electron chi connectivity index (χ0n) is 27.0. The van der Waals surface area contributed by atoms with Gasteiger partial charge in [0.2, 0.25) is 0 Å². The van der Waals surface area contributed by atoms with Gasteiger partial charge in [-0.15, -0.1) is 0 Å². The number of nitrogens with zero attached hydrogens (tertiary/aromatic N) is 4. The van der Waals surface area contributed by atoms with Gasteiger partial charge in [0, 0.05) is 61.7 Å². The first kappa shape index (κ1) is 30.8. The summed E-state index contributed by atoms with van der Waals surface area (Å²) in [7, 11) is 0. The van der Waals surface area contributed by atoms with E-state index in [1.807, 2.05) is 19.9 Å². The minimum Gasteiger partial charge on any atom is -0.462 e. The zero-order valence-corrected chi connectivity index (χ0v) is 27.0. The smallest absolute Gasteiger partial charge is 0.305 e. The van der Waals surface area contributed by atoms with Crippen LogP contribution in [0.2, 0.25) is 0 Å². The number of aryl methyl sites for hydroxylation is 3. The fraction of sp³-hybridized carbons (Fsp3) is 0.568. The number of likely N-dealkylation sites (tertiary alicyclic amines) is 1. The number of esters is 1. The lowest BCUT2D eigenvalue weighted by Gasteiger charge is -2.51. The number of anilines is 1. The summed E-state index contributed by atoms with van der Waals surface area (Å²) in [6.45, 7) is 14.2. The Morgan fingerprint density at radius 3 is 2.43 bits per heavy atom. The largest absolute Gasteiger partial charge is 0.462 e. The van der Waals surface area contributed by atoms with Gasteiger partial charge in [0.1, 0.15) is 17.7 Å².